The number of benzene rings is 3. The predicted octanol–water partition coefficient (Wildman–Crippen LogP) is 4.93. The van der Waals surface area contributed by atoms with Crippen LogP contribution in [0.2, 0.25) is 25.7 Å². The van der Waals surface area contributed by atoms with Crippen molar-refractivity contribution in [2.24, 2.45) is 0 Å². The second-order valence-corrected chi connectivity index (χ2v) is 20.9. The lowest BCUT2D eigenvalue weighted by molar-refractivity contribution is 0.138. The normalized spacial score (nSPS) is 20.3. The van der Waals surface area contributed by atoms with Crippen molar-refractivity contribution in [3.63, 3.8) is 0 Å². The van der Waals surface area contributed by atoms with Crippen LogP contribution in [0.4, 0.5) is 19.3 Å². The maximum Gasteiger partial charge on any atom is 0.416 e. The molecule has 0 unspecified atom stereocenters. The van der Waals surface area contributed by atoms with Crippen LogP contribution in [-0.2, 0) is 37.2 Å². The monoisotopic (exact) mass is 665 g/mol. The Hall–Kier alpha value is -3.37. The number of nitrogens with one attached hydrogen (secondary N) is 1. The van der Waals surface area contributed by atoms with E-state index >= 15 is 0 Å². The van der Waals surface area contributed by atoms with Crippen LogP contribution in [0.5, 0.6) is 5.75 Å². The molecular weight excluding hydrogens is 633 g/mol. The molecular formula is C29H33F2N3O7S2Si. The van der Waals surface area contributed by atoms with Gasteiger partial charge in [0.05, 0.1) is 17.0 Å². The zero-order valence-electron chi connectivity index (χ0n) is 24.4. The molecule has 3 aromatic rings. The Balaban J connectivity index is 1.57. The Morgan fingerprint density at radius 3 is 2.25 bits per heavy atom. The average Bonchev–Trinajstić information content (AvgIpc) is 3.45. The van der Waals surface area contributed by atoms with Crippen LogP contribution in [0.25, 0.3) is 0 Å². The van der Waals surface area contributed by atoms with Crippen LogP contribution in [0.3, 0.4) is 0 Å². The van der Waals surface area contributed by atoms with Gasteiger partial charge in [-0.05, 0) is 36.2 Å². The first-order chi connectivity index (χ1) is 20.6. The third-order valence-corrected chi connectivity index (χ3v) is 12.5. The molecule has 2 aliphatic rings. The smallest absolute Gasteiger partial charge is 0.416 e. The molecule has 1 fully saturated rings. The topological polar surface area (TPSA) is 122 Å². The van der Waals surface area contributed by atoms with Crippen molar-refractivity contribution in [2.75, 3.05) is 17.2 Å². The molecule has 1 N–H and O–H groups in total. The summed E-state index contributed by atoms with van der Waals surface area (Å²) in [4.78, 5) is 14.9. The van der Waals surface area contributed by atoms with E-state index in [1.54, 1.807) is 54.6 Å². The molecule has 0 aromatic heterocycles. The highest BCUT2D eigenvalue weighted by molar-refractivity contribution is 7.89. The fourth-order valence-electron chi connectivity index (χ4n) is 5.50. The Labute approximate surface area is 256 Å². The highest BCUT2D eigenvalue weighted by Crippen LogP contribution is 2.52. The lowest BCUT2D eigenvalue weighted by Gasteiger charge is -2.36. The molecule has 236 valence electrons. The number of nitrogens with zero attached hydrogens (tertiary/aromatic N) is 2. The Morgan fingerprint density at radius 2 is 1.59 bits per heavy atom. The van der Waals surface area contributed by atoms with E-state index in [0.29, 0.717) is 11.6 Å². The highest BCUT2D eigenvalue weighted by Gasteiger charge is 2.63. The molecule has 3 aromatic carbocycles. The van der Waals surface area contributed by atoms with Crippen LogP contribution in [0.1, 0.15) is 17.5 Å². The van der Waals surface area contributed by atoms with Crippen LogP contribution < -0.4 is 13.8 Å². The molecule has 0 bridgehead atoms. The van der Waals surface area contributed by atoms with E-state index in [2.05, 4.69) is 4.72 Å². The molecule has 0 radical (unpaired) electrons. The highest BCUT2D eigenvalue weighted by atomic mass is 32.2. The molecule has 44 heavy (non-hydrogen) atoms. The maximum absolute atomic E-state index is 14.4. The molecule has 1 saturated heterocycles. The van der Waals surface area contributed by atoms with Crippen LogP contribution in [-0.4, -0.2) is 53.8 Å². The van der Waals surface area contributed by atoms with Gasteiger partial charge in [0.25, 0.3) is 0 Å². The summed E-state index contributed by atoms with van der Waals surface area (Å²) in [5.74, 6) is -3.84. The number of hydrogen-bond donors (Lipinski definition) is 1. The Morgan fingerprint density at radius 1 is 0.955 bits per heavy atom. The number of para-hydroxylation sites is 2. The van der Waals surface area contributed by atoms with Crippen molar-refractivity contribution >= 4 is 40.2 Å². The molecule has 2 aliphatic heterocycles. The minimum atomic E-state index is -5.00. The van der Waals surface area contributed by atoms with Crippen molar-refractivity contribution < 1.29 is 39.3 Å². The van der Waals surface area contributed by atoms with Gasteiger partial charge in [0.1, 0.15) is 12.8 Å². The first kappa shape index (κ1) is 32.0. The zero-order chi connectivity index (χ0) is 31.9. The van der Waals surface area contributed by atoms with E-state index in [-0.39, 0.29) is 36.6 Å². The SMILES string of the molecule is C[Si](C)(C)CCS(=O)(=O)N1CC[C@]2(NS(=O)(=O)Oc3c(F)cccc3F)c3ccccc3N(C(=O)OCc3ccccc3)[C@H]12. The van der Waals surface area contributed by atoms with E-state index in [1.807, 2.05) is 19.6 Å². The van der Waals surface area contributed by atoms with Crippen LogP contribution >= 0.6 is 0 Å². The predicted molar refractivity (Wildman–Crippen MR) is 163 cm³/mol. The van der Waals surface area contributed by atoms with Crippen molar-refractivity contribution in [1.82, 2.24) is 9.03 Å². The minimum Gasteiger partial charge on any atom is -0.444 e. The number of anilines is 1. The number of hydrogen-bond acceptors (Lipinski definition) is 7. The van der Waals surface area contributed by atoms with E-state index in [1.165, 1.54) is 0 Å². The van der Waals surface area contributed by atoms with Gasteiger partial charge in [-0.15, -0.1) is 0 Å². The van der Waals surface area contributed by atoms with Crippen molar-refractivity contribution in [3.05, 3.63) is 95.6 Å². The van der Waals surface area contributed by atoms with Crippen molar-refractivity contribution in [1.29, 1.82) is 0 Å². The fraction of sp³-hybridized carbons (Fsp3) is 0.345. The number of amides is 1. The molecule has 5 rings (SSSR count). The van der Waals surface area contributed by atoms with Gasteiger partial charge in [0, 0.05) is 20.2 Å². The number of fused-ring (bicyclic) bond motifs is 3. The summed E-state index contributed by atoms with van der Waals surface area (Å²) >= 11 is 0. The lowest BCUT2D eigenvalue weighted by Crippen LogP contribution is -2.60. The first-order valence-corrected chi connectivity index (χ1v) is 20.6. The first-order valence-electron chi connectivity index (χ1n) is 13.9. The van der Waals surface area contributed by atoms with Gasteiger partial charge in [0.2, 0.25) is 15.8 Å². The van der Waals surface area contributed by atoms with Crippen LogP contribution in [0, 0.1) is 11.6 Å². The number of carbonyl (C=O) groups excluding carboxylic acids is 1. The minimum absolute atomic E-state index is 0.105. The summed E-state index contributed by atoms with van der Waals surface area (Å²) in [6.07, 6.45) is -2.44. The third kappa shape index (κ3) is 6.37. The summed E-state index contributed by atoms with van der Waals surface area (Å²) in [6.45, 7) is 5.82. The molecule has 0 aliphatic carbocycles. The summed E-state index contributed by atoms with van der Waals surface area (Å²) in [7, 11) is -10.9. The molecule has 10 nitrogen and oxygen atoms in total. The van der Waals surface area contributed by atoms with Gasteiger partial charge < -0.3 is 8.92 Å². The van der Waals surface area contributed by atoms with Crippen LogP contribution in [0.15, 0.2) is 72.8 Å². The van der Waals surface area contributed by atoms with Gasteiger partial charge >= 0.3 is 16.4 Å². The third-order valence-electron chi connectivity index (χ3n) is 7.62. The van der Waals surface area contributed by atoms with Crippen molar-refractivity contribution in [2.45, 2.75) is 50.4 Å². The summed E-state index contributed by atoms with van der Waals surface area (Å²) in [5.41, 5.74) is -0.576. The number of carbonyl (C=O) groups is 1. The Bertz CT molecular complexity index is 1750. The number of ether oxygens (including phenoxy) is 1. The van der Waals surface area contributed by atoms with E-state index in [0.717, 1.165) is 27.4 Å². The molecule has 0 saturated carbocycles. The summed E-state index contributed by atoms with van der Waals surface area (Å²) in [6, 6.07) is 18.4. The average molecular weight is 666 g/mol. The van der Waals surface area contributed by atoms with E-state index in [9.17, 15) is 30.4 Å². The van der Waals surface area contributed by atoms with E-state index < -0.39 is 63.6 Å². The standard InChI is InChI=1S/C29H33F2N3O7S2Si/c1-44(2,3)19-18-42(36,37)33-17-16-29(32-43(38,39)41-26-23(30)13-9-14-24(26)31)22-12-7-8-15-25(22)34(27(29)33)28(35)40-20-21-10-5-4-6-11-21/h4-15,27,32H,16-20H2,1-3H3/t27-,29-/m0/s1. The number of rotatable bonds is 10. The van der Waals surface area contributed by atoms with Gasteiger partial charge in [-0.3, -0.25) is 4.90 Å². The van der Waals surface area contributed by atoms with Gasteiger partial charge in [-0.25, -0.2) is 22.0 Å². The summed E-state index contributed by atoms with van der Waals surface area (Å²) in [5, 5.41) is 0. The molecule has 2 atom stereocenters. The quantitative estimate of drug-likeness (QED) is 0.305. The molecule has 1 amide bonds. The second kappa shape index (κ2) is 11.9. The number of halogens is 2. The van der Waals surface area contributed by atoms with Gasteiger partial charge in [-0.2, -0.15) is 17.4 Å². The van der Waals surface area contributed by atoms with Gasteiger partial charge in [0.15, 0.2) is 11.6 Å². The second-order valence-electron chi connectivity index (χ2n) is 12.0. The fourth-order valence-corrected chi connectivity index (χ4v) is 11.4. The van der Waals surface area contributed by atoms with Gasteiger partial charge in [-0.1, -0.05) is 74.2 Å². The summed E-state index contributed by atoms with van der Waals surface area (Å²) < 4.78 is 97.4. The zero-order valence-corrected chi connectivity index (χ0v) is 27.0. The maximum atomic E-state index is 14.4. The number of sulfonamides is 1. The molecule has 15 heteroatoms. The lowest BCUT2D eigenvalue weighted by atomic mass is 9.90. The molecule has 0 spiro atoms. The van der Waals surface area contributed by atoms with Crippen molar-refractivity contribution in [3.8, 4) is 5.75 Å². The largest absolute Gasteiger partial charge is 0.444 e. The van der Waals surface area contributed by atoms with E-state index in [4.69, 9.17) is 8.92 Å². The molecule has 2 heterocycles. The Kier molecular flexibility index (Phi) is 8.63.